The molecule has 102 valence electrons. The number of rotatable bonds is 4. The van der Waals surface area contributed by atoms with E-state index in [0.717, 1.165) is 11.3 Å². The molecule has 0 saturated carbocycles. The molecule has 4 nitrogen and oxygen atoms in total. The molecule has 0 aliphatic carbocycles. The van der Waals surface area contributed by atoms with Crippen LogP contribution in [0.1, 0.15) is 19.4 Å². The topological polar surface area (TPSA) is 44.8 Å². The number of hydrogen-bond acceptors (Lipinski definition) is 4. The van der Waals surface area contributed by atoms with Gasteiger partial charge in [-0.1, -0.05) is 12.1 Å². The lowest BCUT2D eigenvalue weighted by Gasteiger charge is -2.24. The van der Waals surface area contributed by atoms with Crippen LogP contribution in [0.2, 0.25) is 0 Å². The van der Waals surface area contributed by atoms with Crippen molar-refractivity contribution in [1.29, 1.82) is 0 Å². The number of hydrogen-bond donors (Lipinski definition) is 0. The van der Waals surface area contributed by atoms with Crippen LogP contribution >= 0.6 is 0 Å². The van der Waals surface area contributed by atoms with E-state index in [1.165, 1.54) is 0 Å². The molecule has 2 atom stereocenters. The summed E-state index contributed by atoms with van der Waals surface area (Å²) in [5.41, 5.74) is 1.72. The molecular weight excluding hydrogens is 244 g/mol. The highest BCUT2D eigenvalue weighted by molar-refractivity contribution is 5.98. The lowest BCUT2D eigenvalue weighted by atomic mass is 10.1. The first-order chi connectivity index (χ1) is 9.10. The van der Waals surface area contributed by atoms with Crippen LogP contribution in [0.5, 0.6) is 5.75 Å². The highest BCUT2D eigenvalue weighted by atomic mass is 16.7. The molecule has 1 heterocycles. The van der Waals surface area contributed by atoms with Crippen LogP contribution in [0.15, 0.2) is 35.9 Å². The van der Waals surface area contributed by atoms with Gasteiger partial charge in [0.15, 0.2) is 12.1 Å². The minimum atomic E-state index is -0.463. The number of carbonyl (C=O) groups excluding carboxylic acids is 1. The molecule has 0 N–H and O–H groups in total. The minimum absolute atomic E-state index is 0.0179. The van der Waals surface area contributed by atoms with Crippen LogP contribution in [0.4, 0.5) is 0 Å². The number of methoxy groups -OCH3 is 1. The van der Waals surface area contributed by atoms with Gasteiger partial charge in [0.25, 0.3) is 0 Å². The zero-order valence-electron chi connectivity index (χ0n) is 11.4. The standard InChI is InChI=1S/C15H18O4/c1-10-8-14(19-11(2)15(10)16)18-9-12-4-6-13(17-3)7-5-12/h4-8,11,14H,9H2,1-3H3/t11-,14+/m0/s1. The fourth-order valence-electron chi connectivity index (χ4n) is 1.90. The normalized spacial score (nSPS) is 23.1. The molecule has 1 aromatic rings. The Bertz CT molecular complexity index is 475. The molecule has 0 unspecified atom stereocenters. The summed E-state index contributed by atoms with van der Waals surface area (Å²) in [4.78, 5) is 11.6. The predicted molar refractivity (Wildman–Crippen MR) is 70.9 cm³/mol. The summed E-state index contributed by atoms with van der Waals surface area (Å²) in [6.07, 6.45) is 0.812. The zero-order valence-corrected chi connectivity index (χ0v) is 11.4. The van der Waals surface area contributed by atoms with Gasteiger partial charge in [0, 0.05) is 0 Å². The van der Waals surface area contributed by atoms with E-state index < -0.39 is 12.4 Å². The summed E-state index contributed by atoms with van der Waals surface area (Å²) in [6, 6.07) is 7.64. The molecular formula is C15H18O4. The Morgan fingerprint density at radius 3 is 2.53 bits per heavy atom. The van der Waals surface area contributed by atoms with Crippen molar-refractivity contribution in [2.24, 2.45) is 0 Å². The average Bonchev–Trinajstić information content (AvgIpc) is 2.43. The second-order valence-corrected chi connectivity index (χ2v) is 4.52. The summed E-state index contributed by atoms with van der Waals surface area (Å²) < 4.78 is 16.2. The second kappa shape index (κ2) is 5.99. The number of ether oxygens (including phenoxy) is 3. The molecule has 2 rings (SSSR count). The van der Waals surface area contributed by atoms with Gasteiger partial charge in [-0.25, -0.2) is 0 Å². The van der Waals surface area contributed by atoms with Crippen molar-refractivity contribution >= 4 is 5.78 Å². The summed E-state index contributed by atoms with van der Waals surface area (Å²) in [5.74, 6) is 0.830. The quantitative estimate of drug-likeness (QED) is 0.836. The number of Topliss-reactive ketones (excluding diaryl/α,β-unsaturated/α-hetero) is 1. The van der Waals surface area contributed by atoms with Crippen molar-refractivity contribution in [3.8, 4) is 5.75 Å². The van der Waals surface area contributed by atoms with E-state index >= 15 is 0 Å². The van der Waals surface area contributed by atoms with Crippen molar-refractivity contribution in [2.45, 2.75) is 32.8 Å². The number of benzene rings is 1. The second-order valence-electron chi connectivity index (χ2n) is 4.52. The summed E-state index contributed by atoms with van der Waals surface area (Å²) in [6.45, 7) is 3.95. The van der Waals surface area contributed by atoms with Crippen LogP contribution in [-0.2, 0) is 20.9 Å². The van der Waals surface area contributed by atoms with Gasteiger partial charge < -0.3 is 14.2 Å². The lowest BCUT2D eigenvalue weighted by molar-refractivity contribution is -0.164. The lowest BCUT2D eigenvalue weighted by Crippen LogP contribution is -2.33. The molecule has 19 heavy (non-hydrogen) atoms. The van der Waals surface area contributed by atoms with E-state index in [0.29, 0.717) is 12.2 Å². The smallest absolute Gasteiger partial charge is 0.186 e. The first-order valence-corrected chi connectivity index (χ1v) is 6.23. The molecule has 1 aliphatic heterocycles. The van der Waals surface area contributed by atoms with Crippen molar-refractivity contribution in [2.75, 3.05) is 7.11 Å². The van der Waals surface area contributed by atoms with E-state index in [-0.39, 0.29) is 5.78 Å². The highest BCUT2D eigenvalue weighted by Gasteiger charge is 2.25. The Balaban J connectivity index is 1.93. The van der Waals surface area contributed by atoms with Gasteiger partial charge in [-0.15, -0.1) is 0 Å². The zero-order chi connectivity index (χ0) is 13.8. The maximum atomic E-state index is 11.6. The van der Waals surface area contributed by atoms with Crippen LogP contribution in [0.25, 0.3) is 0 Å². The highest BCUT2D eigenvalue weighted by Crippen LogP contribution is 2.18. The van der Waals surface area contributed by atoms with Crippen LogP contribution in [0, 0.1) is 0 Å². The Kier molecular flexibility index (Phi) is 4.35. The maximum absolute atomic E-state index is 11.6. The van der Waals surface area contributed by atoms with Gasteiger partial charge in [0.1, 0.15) is 11.9 Å². The maximum Gasteiger partial charge on any atom is 0.186 e. The molecule has 0 amide bonds. The van der Waals surface area contributed by atoms with Gasteiger partial charge >= 0.3 is 0 Å². The molecule has 1 aliphatic rings. The molecule has 0 spiro atoms. The molecule has 0 bridgehead atoms. The van der Waals surface area contributed by atoms with E-state index in [1.54, 1.807) is 27.0 Å². The third-order valence-electron chi connectivity index (χ3n) is 3.06. The Morgan fingerprint density at radius 1 is 1.26 bits per heavy atom. The fourth-order valence-corrected chi connectivity index (χ4v) is 1.90. The molecule has 1 aromatic carbocycles. The van der Waals surface area contributed by atoms with Crippen LogP contribution in [0.3, 0.4) is 0 Å². The van der Waals surface area contributed by atoms with E-state index in [4.69, 9.17) is 14.2 Å². The van der Waals surface area contributed by atoms with Gasteiger partial charge in [0.2, 0.25) is 0 Å². The van der Waals surface area contributed by atoms with Crippen LogP contribution in [-0.4, -0.2) is 25.3 Å². The molecule has 0 fully saturated rings. The Morgan fingerprint density at radius 2 is 1.95 bits per heavy atom. The third kappa shape index (κ3) is 3.43. The van der Waals surface area contributed by atoms with E-state index in [2.05, 4.69) is 0 Å². The molecule has 0 radical (unpaired) electrons. The molecule has 0 aromatic heterocycles. The number of carbonyl (C=O) groups is 1. The van der Waals surface area contributed by atoms with Gasteiger partial charge in [-0.3, -0.25) is 4.79 Å². The van der Waals surface area contributed by atoms with Crippen molar-refractivity contribution < 1.29 is 19.0 Å². The Labute approximate surface area is 113 Å². The largest absolute Gasteiger partial charge is 0.497 e. The van der Waals surface area contributed by atoms with Crippen molar-refractivity contribution in [1.82, 2.24) is 0 Å². The average molecular weight is 262 g/mol. The summed E-state index contributed by atoms with van der Waals surface area (Å²) in [7, 11) is 1.63. The van der Waals surface area contributed by atoms with E-state index in [1.807, 2.05) is 24.3 Å². The van der Waals surface area contributed by atoms with Gasteiger partial charge in [-0.05, 0) is 43.2 Å². The van der Waals surface area contributed by atoms with Crippen LogP contribution < -0.4 is 4.74 Å². The first-order valence-electron chi connectivity index (χ1n) is 6.23. The SMILES string of the molecule is COc1ccc(CO[C@H]2C=C(C)C(=O)[C@H](C)O2)cc1. The molecule has 4 heteroatoms. The summed E-state index contributed by atoms with van der Waals surface area (Å²) >= 11 is 0. The molecule has 0 saturated heterocycles. The van der Waals surface area contributed by atoms with Gasteiger partial charge in [0.05, 0.1) is 13.7 Å². The summed E-state index contributed by atoms with van der Waals surface area (Å²) in [5, 5.41) is 0. The minimum Gasteiger partial charge on any atom is -0.497 e. The third-order valence-corrected chi connectivity index (χ3v) is 3.06. The fraction of sp³-hybridized carbons (Fsp3) is 0.400. The number of ketones is 1. The predicted octanol–water partition coefficient (Wildman–Crippen LogP) is 2.47. The first kappa shape index (κ1) is 13.8. The van der Waals surface area contributed by atoms with Crippen molar-refractivity contribution in [3.63, 3.8) is 0 Å². The van der Waals surface area contributed by atoms with Crippen molar-refractivity contribution in [3.05, 3.63) is 41.5 Å². The van der Waals surface area contributed by atoms with E-state index in [9.17, 15) is 4.79 Å². The monoisotopic (exact) mass is 262 g/mol. The van der Waals surface area contributed by atoms with Gasteiger partial charge in [-0.2, -0.15) is 0 Å². The Hall–Kier alpha value is -1.65.